The van der Waals surface area contributed by atoms with E-state index in [-0.39, 0.29) is 11.9 Å². The van der Waals surface area contributed by atoms with Crippen molar-refractivity contribution in [3.8, 4) is 0 Å². The van der Waals surface area contributed by atoms with E-state index in [4.69, 9.17) is 16.5 Å². The van der Waals surface area contributed by atoms with E-state index in [1.807, 2.05) is 12.1 Å². The molecule has 0 saturated carbocycles. The molecule has 1 aromatic heterocycles. The molecule has 3 heterocycles. The maximum absolute atomic E-state index is 12.5. The maximum Gasteiger partial charge on any atom is 0.242 e. The summed E-state index contributed by atoms with van der Waals surface area (Å²) in [5.41, 5.74) is 12.9. The first-order chi connectivity index (χ1) is 16.7. The highest BCUT2D eigenvalue weighted by molar-refractivity contribution is 5.95. The Hall–Kier alpha value is -2.82. The molecule has 35 heavy (non-hydrogen) atoms. The van der Waals surface area contributed by atoms with E-state index in [1.165, 1.54) is 0 Å². The summed E-state index contributed by atoms with van der Waals surface area (Å²) >= 11 is 0. The van der Waals surface area contributed by atoms with Crippen molar-refractivity contribution in [3.63, 3.8) is 0 Å². The van der Waals surface area contributed by atoms with Crippen molar-refractivity contribution in [2.24, 2.45) is 22.4 Å². The van der Waals surface area contributed by atoms with Gasteiger partial charge in [-0.25, -0.2) is 4.99 Å². The Bertz CT molecular complexity index is 891. The Morgan fingerprint density at radius 2 is 1.86 bits per heavy atom. The van der Waals surface area contributed by atoms with E-state index >= 15 is 0 Å². The SMILES string of the molecule is CC(N)C1CCN(Cc2ccc(/N=C(\C=C/NC=O)N3CCN(C(=O)C(C)(C)N)CC3)cn2)CC1. The number of nitrogens with one attached hydrogen (secondary N) is 1. The standard InChI is InChI=1S/C25H40N8O2/c1-19(26)20-7-10-31(11-8-20)17-22-5-4-21(16-29-22)30-23(6-9-28-18-34)32-12-14-33(15-13-32)24(35)25(2,3)27/h4-6,9,16,18-20H,7-8,10-15,17,26-27H2,1-3H3,(H,28,34)/b9-6-,30-23+. The molecular weight excluding hydrogens is 444 g/mol. The molecule has 10 nitrogen and oxygen atoms in total. The number of piperidine rings is 1. The van der Waals surface area contributed by atoms with Gasteiger partial charge < -0.3 is 26.6 Å². The van der Waals surface area contributed by atoms with Crippen molar-refractivity contribution in [3.05, 3.63) is 36.3 Å². The van der Waals surface area contributed by atoms with E-state index in [2.05, 4.69) is 27.0 Å². The number of piperazine rings is 1. The average Bonchev–Trinajstić information content (AvgIpc) is 2.84. The number of aliphatic imine (C=N–C) groups is 1. The molecule has 0 spiro atoms. The first-order valence-corrected chi connectivity index (χ1v) is 12.4. The third-order valence-corrected chi connectivity index (χ3v) is 6.65. The molecule has 0 aliphatic carbocycles. The highest BCUT2D eigenvalue weighted by atomic mass is 16.2. The highest BCUT2D eigenvalue weighted by Gasteiger charge is 2.30. The van der Waals surface area contributed by atoms with Gasteiger partial charge in [-0.05, 0) is 70.8 Å². The van der Waals surface area contributed by atoms with Gasteiger partial charge in [0, 0.05) is 45.0 Å². The van der Waals surface area contributed by atoms with Crippen LogP contribution in [0.2, 0.25) is 0 Å². The molecule has 192 valence electrons. The number of pyridine rings is 1. The summed E-state index contributed by atoms with van der Waals surface area (Å²) in [5.74, 6) is 1.25. The number of carbonyl (C=O) groups excluding carboxylic acids is 2. The fraction of sp³-hybridized carbons (Fsp3) is 0.600. The van der Waals surface area contributed by atoms with Crippen LogP contribution in [0.25, 0.3) is 0 Å². The van der Waals surface area contributed by atoms with Gasteiger partial charge in [-0.1, -0.05) is 0 Å². The van der Waals surface area contributed by atoms with Gasteiger partial charge in [-0.15, -0.1) is 0 Å². The summed E-state index contributed by atoms with van der Waals surface area (Å²) in [6, 6.07) is 4.24. The molecule has 5 N–H and O–H groups in total. The van der Waals surface area contributed by atoms with Crippen molar-refractivity contribution in [1.29, 1.82) is 0 Å². The van der Waals surface area contributed by atoms with Crippen molar-refractivity contribution in [2.75, 3.05) is 39.3 Å². The van der Waals surface area contributed by atoms with Crippen LogP contribution in [-0.2, 0) is 16.1 Å². The Morgan fingerprint density at radius 1 is 1.20 bits per heavy atom. The lowest BCUT2D eigenvalue weighted by molar-refractivity contribution is -0.137. The molecule has 1 atom stereocenters. The summed E-state index contributed by atoms with van der Waals surface area (Å²) < 4.78 is 0. The summed E-state index contributed by atoms with van der Waals surface area (Å²) in [6.07, 6.45) is 7.97. The zero-order valence-corrected chi connectivity index (χ0v) is 21.2. The predicted octanol–water partition coefficient (Wildman–Crippen LogP) is 0.812. The number of nitrogens with two attached hydrogens (primary N) is 2. The Morgan fingerprint density at radius 3 is 2.40 bits per heavy atom. The van der Waals surface area contributed by atoms with Gasteiger partial charge in [0.15, 0.2) is 0 Å². The Kier molecular flexibility index (Phi) is 9.36. The molecule has 1 unspecified atom stereocenters. The number of amidine groups is 1. The average molecular weight is 485 g/mol. The minimum Gasteiger partial charge on any atom is -0.353 e. The summed E-state index contributed by atoms with van der Waals surface area (Å²) in [7, 11) is 0. The highest BCUT2D eigenvalue weighted by Crippen LogP contribution is 2.21. The molecule has 1 aromatic rings. The minimum absolute atomic E-state index is 0.0599. The molecule has 0 radical (unpaired) electrons. The van der Waals surface area contributed by atoms with Crippen LogP contribution in [0.1, 0.15) is 39.3 Å². The second kappa shape index (κ2) is 12.2. The number of likely N-dealkylation sites (tertiary alicyclic amines) is 1. The smallest absolute Gasteiger partial charge is 0.242 e. The van der Waals surface area contributed by atoms with Gasteiger partial charge in [-0.2, -0.15) is 0 Å². The van der Waals surface area contributed by atoms with Crippen LogP contribution in [-0.4, -0.2) is 88.7 Å². The molecular formula is C25H40N8O2. The van der Waals surface area contributed by atoms with Crippen LogP contribution in [0.3, 0.4) is 0 Å². The fourth-order valence-corrected chi connectivity index (χ4v) is 4.50. The first-order valence-electron chi connectivity index (χ1n) is 12.4. The number of carbonyl (C=O) groups is 2. The maximum atomic E-state index is 12.5. The number of hydrogen-bond acceptors (Lipinski definition) is 7. The van der Waals surface area contributed by atoms with E-state index in [0.717, 1.165) is 43.9 Å². The second-order valence-electron chi connectivity index (χ2n) is 10.1. The van der Waals surface area contributed by atoms with Crippen molar-refractivity contribution in [1.82, 2.24) is 25.0 Å². The van der Waals surface area contributed by atoms with Crippen molar-refractivity contribution >= 4 is 23.8 Å². The lowest BCUT2D eigenvalue weighted by Crippen LogP contribution is -2.57. The molecule has 2 fully saturated rings. The van der Waals surface area contributed by atoms with Crippen LogP contribution < -0.4 is 16.8 Å². The third kappa shape index (κ3) is 7.84. The van der Waals surface area contributed by atoms with Gasteiger partial charge >= 0.3 is 0 Å². The van der Waals surface area contributed by atoms with Gasteiger partial charge in [0.1, 0.15) is 5.84 Å². The zero-order valence-electron chi connectivity index (χ0n) is 21.2. The molecule has 2 aliphatic heterocycles. The number of hydrogen-bond donors (Lipinski definition) is 3. The van der Waals surface area contributed by atoms with Gasteiger partial charge in [0.25, 0.3) is 0 Å². The van der Waals surface area contributed by atoms with E-state index in [9.17, 15) is 9.59 Å². The first kappa shape index (κ1) is 26.8. The summed E-state index contributed by atoms with van der Waals surface area (Å²) in [4.78, 5) is 38.9. The number of aromatic nitrogens is 1. The Balaban J connectivity index is 1.63. The number of rotatable bonds is 8. The second-order valence-corrected chi connectivity index (χ2v) is 10.1. The molecule has 2 saturated heterocycles. The van der Waals surface area contributed by atoms with E-state index in [0.29, 0.717) is 44.3 Å². The quantitative estimate of drug-likeness (QED) is 0.282. The summed E-state index contributed by atoms with van der Waals surface area (Å²) in [6.45, 7) is 10.8. The third-order valence-electron chi connectivity index (χ3n) is 6.65. The van der Waals surface area contributed by atoms with Crippen molar-refractivity contribution in [2.45, 2.75) is 51.7 Å². The molecule has 2 amide bonds. The fourth-order valence-electron chi connectivity index (χ4n) is 4.50. The molecule has 10 heteroatoms. The van der Waals surface area contributed by atoms with Crippen LogP contribution in [0, 0.1) is 5.92 Å². The van der Waals surface area contributed by atoms with Crippen molar-refractivity contribution < 1.29 is 9.59 Å². The van der Waals surface area contributed by atoms with Crippen LogP contribution in [0.4, 0.5) is 5.69 Å². The van der Waals surface area contributed by atoms with E-state index < -0.39 is 5.54 Å². The Labute approximate surface area is 208 Å². The van der Waals surface area contributed by atoms with Crippen LogP contribution >= 0.6 is 0 Å². The van der Waals surface area contributed by atoms with Gasteiger partial charge in [-0.3, -0.25) is 19.5 Å². The molecule has 0 bridgehead atoms. The monoisotopic (exact) mass is 484 g/mol. The lowest BCUT2D eigenvalue weighted by atomic mass is 9.91. The predicted molar refractivity (Wildman–Crippen MR) is 138 cm³/mol. The lowest BCUT2D eigenvalue weighted by Gasteiger charge is -2.38. The van der Waals surface area contributed by atoms with Gasteiger partial charge in [0.2, 0.25) is 12.3 Å². The minimum atomic E-state index is -0.890. The van der Waals surface area contributed by atoms with Crippen LogP contribution in [0.15, 0.2) is 35.6 Å². The zero-order chi connectivity index (χ0) is 25.4. The van der Waals surface area contributed by atoms with Crippen LogP contribution in [0.5, 0.6) is 0 Å². The molecule has 2 aliphatic rings. The summed E-state index contributed by atoms with van der Waals surface area (Å²) in [5, 5.41) is 2.54. The topological polar surface area (TPSA) is 133 Å². The number of nitrogens with zero attached hydrogens (tertiary/aromatic N) is 5. The van der Waals surface area contributed by atoms with Gasteiger partial charge in [0.05, 0.1) is 23.1 Å². The normalized spacial score (nSPS) is 19.7. The van der Waals surface area contributed by atoms with E-state index in [1.54, 1.807) is 37.2 Å². The largest absolute Gasteiger partial charge is 0.353 e. The molecule has 3 rings (SSSR count). The number of amides is 2. The molecule has 0 aromatic carbocycles.